The second-order valence-corrected chi connectivity index (χ2v) is 5.72. The first-order valence-electron chi connectivity index (χ1n) is 6.81. The summed E-state index contributed by atoms with van der Waals surface area (Å²) in [6.07, 6.45) is 0.561. The van der Waals surface area contributed by atoms with Crippen LogP contribution in [0.3, 0.4) is 0 Å². The highest BCUT2D eigenvalue weighted by Crippen LogP contribution is 2.42. The van der Waals surface area contributed by atoms with Gasteiger partial charge in [0.25, 0.3) is 0 Å². The molecule has 0 fully saturated rings. The Bertz CT molecular complexity index is 452. The summed E-state index contributed by atoms with van der Waals surface area (Å²) >= 11 is 3.45. The van der Waals surface area contributed by atoms with Crippen LogP contribution in [0.4, 0.5) is 0 Å². The van der Waals surface area contributed by atoms with Gasteiger partial charge in [-0.2, -0.15) is 0 Å². The van der Waals surface area contributed by atoms with Gasteiger partial charge in [0.2, 0.25) is 0 Å². The molecule has 0 aromatic heterocycles. The Morgan fingerprint density at radius 2 is 1.90 bits per heavy atom. The van der Waals surface area contributed by atoms with Crippen LogP contribution in [0.2, 0.25) is 0 Å². The molecule has 1 unspecified atom stereocenters. The van der Waals surface area contributed by atoms with E-state index >= 15 is 0 Å². The molecule has 2 N–H and O–H groups in total. The van der Waals surface area contributed by atoms with Gasteiger partial charge in [-0.3, -0.25) is 0 Å². The van der Waals surface area contributed by atoms with Gasteiger partial charge in [-0.25, -0.2) is 0 Å². The molecule has 1 rings (SSSR count). The molecular formula is C15H24BrNO4. The van der Waals surface area contributed by atoms with Crippen molar-refractivity contribution in [3.8, 4) is 11.5 Å². The zero-order valence-corrected chi connectivity index (χ0v) is 14.6. The number of benzene rings is 1. The molecule has 0 heterocycles. The van der Waals surface area contributed by atoms with E-state index in [0.29, 0.717) is 35.5 Å². The minimum absolute atomic E-state index is 0.561. The van der Waals surface area contributed by atoms with Gasteiger partial charge in [0.1, 0.15) is 16.0 Å². The van der Waals surface area contributed by atoms with E-state index in [1.807, 2.05) is 12.1 Å². The van der Waals surface area contributed by atoms with Gasteiger partial charge in [-0.05, 0) is 48.0 Å². The first-order valence-corrected chi connectivity index (χ1v) is 7.60. The zero-order valence-electron chi connectivity index (χ0n) is 13.0. The predicted octanol–water partition coefficient (Wildman–Crippen LogP) is 2.30. The Kier molecular flexibility index (Phi) is 7.45. The summed E-state index contributed by atoms with van der Waals surface area (Å²) in [6.45, 7) is 3.88. The SMILES string of the molecule is COCCNCCC(C)(O)c1ccc(OC)c(Br)c1OC. The van der Waals surface area contributed by atoms with Crippen molar-refractivity contribution in [3.05, 3.63) is 22.2 Å². The molecule has 5 nitrogen and oxygen atoms in total. The van der Waals surface area contributed by atoms with Crippen molar-refractivity contribution in [2.24, 2.45) is 0 Å². The third-order valence-corrected chi connectivity index (χ3v) is 4.09. The van der Waals surface area contributed by atoms with Crippen LogP contribution >= 0.6 is 15.9 Å². The molecule has 0 spiro atoms. The number of rotatable bonds is 9. The number of ether oxygens (including phenoxy) is 3. The smallest absolute Gasteiger partial charge is 0.142 e. The molecule has 0 bridgehead atoms. The number of methoxy groups -OCH3 is 3. The number of hydrogen-bond acceptors (Lipinski definition) is 5. The monoisotopic (exact) mass is 361 g/mol. The number of halogens is 1. The maximum atomic E-state index is 10.7. The maximum Gasteiger partial charge on any atom is 0.142 e. The normalized spacial score (nSPS) is 13.8. The van der Waals surface area contributed by atoms with E-state index in [0.717, 1.165) is 12.1 Å². The molecule has 0 aliphatic heterocycles. The molecule has 120 valence electrons. The van der Waals surface area contributed by atoms with Crippen molar-refractivity contribution in [2.45, 2.75) is 18.9 Å². The number of nitrogens with one attached hydrogen (secondary N) is 1. The quantitative estimate of drug-likeness (QED) is 0.661. The first kappa shape index (κ1) is 18.2. The fraction of sp³-hybridized carbons (Fsp3) is 0.600. The lowest BCUT2D eigenvalue weighted by Crippen LogP contribution is -2.29. The highest BCUT2D eigenvalue weighted by Gasteiger charge is 2.28. The molecular weight excluding hydrogens is 338 g/mol. The molecule has 0 aliphatic rings. The van der Waals surface area contributed by atoms with Crippen LogP contribution < -0.4 is 14.8 Å². The largest absolute Gasteiger partial charge is 0.495 e. The van der Waals surface area contributed by atoms with Crippen molar-refractivity contribution < 1.29 is 19.3 Å². The lowest BCUT2D eigenvalue weighted by atomic mass is 9.91. The third-order valence-electron chi connectivity index (χ3n) is 3.34. The summed E-state index contributed by atoms with van der Waals surface area (Å²) in [6, 6.07) is 3.65. The second kappa shape index (κ2) is 8.58. The molecule has 1 atom stereocenters. The summed E-state index contributed by atoms with van der Waals surface area (Å²) in [5.41, 5.74) is -0.272. The molecule has 0 saturated heterocycles. The molecule has 6 heteroatoms. The third kappa shape index (κ3) is 4.85. The summed E-state index contributed by atoms with van der Waals surface area (Å²) in [7, 11) is 4.84. The van der Waals surface area contributed by atoms with Gasteiger partial charge in [-0.15, -0.1) is 0 Å². The molecule has 1 aromatic rings. The van der Waals surface area contributed by atoms with Gasteiger partial charge >= 0.3 is 0 Å². The highest BCUT2D eigenvalue weighted by molar-refractivity contribution is 9.10. The fourth-order valence-electron chi connectivity index (χ4n) is 2.09. The number of aliphatic hydroxyl groups is 1. The van der Waals surface area contributed by atoms with Crippen LogP contribution in [0.1, 0.15) is 18.9 Å². The van der Waals surface area contributed by atoms with E-state index in [1.165, 1.54) is 0 Å². The van der Waals surface area contributed by atoms with Crippen LogP contribution in [-0.2, 0) is 10.3 Å². The Labute approximate surface area is 134 Å². The summed E-state index contributed by atoms with van der Waals surface area (Å²) in [5, 5.41) is 14.0. The standard InChI is InChI=1S/C15H24BrNO4/c1-15(18,7-8-17-9-10-19-2)11-5-6-12(20-3)13(16)14(11)21-4/h5-6,17-18H,7-10H2,1-4H3. The first-order chi connectivity index (χ1) is 9.97. The minimum atomic E-state index is -1.000. The average Bonchev–Trinajstić information content (AvgIpc) is 2.46. The zero-order chi connectivity index (χ0) is 15.9. The van der Waals surface area contributed by atoms with Gasteiger partial charge in [-0.1, -0.05) is 0 Å². The topological polar surface area (TPSA) is 60.0 Å². The van der Waals surface area contributed by atoms with Gasteiger partial charge in [0.05, 0.1) is 26.4 Å². The van der Waals surface area contributed by atoms with Gasteiger partial charge in [0.15, 0.2) is 0 Å². The average molecular weight is 362 g/mol. The van der Waals surface area contributed by atoms with Crippen LogP contribution in [0.15, 0.2) is 16.6 Å². The second-order valence-electron chi connectivity index (χ2n) is 4.93. The van der Waals surface area contributed by atoms with E-state index in [4.69, 9.17) is 14.2 Å². The summed E-state index contributed by atoms with van der Waals surface area (Å²) < 4.78 is 16.3. The van der Waals surface area contributed by atoms with Crippen LogP contribution in [0.5, 0.6) is 11.5 Å². The molecule has 1 aromatic carbocycles. The van der Waals surface area contributed by atoms with E-state index < -0.39 is 5.60 Å². The number of hydrogen-bond donors (Lipinski definition) is 2. The molecule has 0 saturated carbocycles. The maximum absolute atomic E-state index is 10.7. The lowest BCUT2D eigenvalue weighted by molar-refractivity contribution is 0.0448. The Morgan fingerprint density at radius 3 is 2.48 bits per heavy atom. The van der Waals surface area contributed by atoms with Crippen molar-refractivity contribution in [2.75, 3.05) is 41.0 Å². The van der Waals surface area contributed by atoms with E-state index in [1.54, 1.807) is 28.3 Å². The van der Waals surface area contributed by atoms with Crippen LogP contribution in [0.25, 0.3) is 0 Å². The van der Waals surface area contributed by atoms with E-state index in [2.05, 4.69) is 21.2 Å². The van der Waals surface area contributed by atoms with Crippen LogP contribution in [0, 0.1) is 0 Å². The summed E-state index contributed by atoms with van der Waals surface area (Å²) in [4.78, 5) is 0. The Balaban J connectivity index is 2.84. The van der Waals surface area contributed by atoms with Crippen molar-refractivity contribution in [1.29, 1.82) is 0 Å². The highest BCUT2D eigenvalue weighted by atomic mass is 79.9. The van der Waals surface area contributed by atoms with Crippen molar-refractivity contribution in [1.82, 2.24) is 5.32 Å². The predicted molar refractivity (Wildman–Crippen MR) is 86.2 cm³/mol. The van der Waals surface area contributed by atoms with E-state index in [9.17, 15) is 5.11 Å². The molecule has 0 amide bonds. The molecule has 0 aliphatic carbocycles. The fourth-order valence-corrected chi connectivity index (χ4v) is 2.75. The lowest BCUT2D eigenvalue weighted by Gasteiger charge is -2.27. The Morgan fingerprint density at radius 1 is 1.19 bits per heavy atom. The van der Waals surface area contributed by atoms with Gasteiger partial charge < -0.3 is 24.6 Å². The van der Waals surface area contributed by atoms with Crippen molar-refractivity contribution >= 4 is 15.9 Å². The van der Waals surface area contributed by atoms with Crippen molar-refractivity contribution in [3.63, 3.8) is 0 Å². The summed E-state index contributed by atoms with van der Waals surface area (Å²) in [5.74, 6) is 1.26. The molecule has 21 heavy (non-hydrogen) atoms. The minimum Gasteiger partial charge on any atom is -0.495 e. The van der Waals surface area contributed by atoms with E-state index in [-0.39, 0.29) is 0 Å². The van der Waals surface area contributed by atoms with Gasteiger partial charge in [0, 0.05) is 19.2 Å². The molecule has 0 radical (unpaired) electrons. The Hall–Kier alpha value is -0.820. The van der Waals surface area contributed by atoms with Crippen LogP contribution in [-0.4, -0.2) is 46.1 Å².